The van der Waals surface area contributed by atoms with Gasteiger partial charge in [0.05, 0.1) is 17.4 Å². The van der Waals surface area contributed by atoms with Gasteiger partial charge in [-0.15, -0.1) is 0 Å². The summed E-state index contributed by atoms with van der Waals surface area (Å²) in [5.41, 5.74) is 5.75. The van der Waals surface area contributed by atoms with Crippen molar-refractivity contribution in [3.05, 3.63) is 53.2 Å². The number of carbonyl (C=O) groups excluding carboxylic acids is 1. The fourth-order valence-corrected chi connectivity index (χ4v) is 1.51. The van der Waals surface area contributed by atoms with Crippen LogP contribution < -0.4 is 11.1 Å². The molecule has 98 valence electrons. The molecular formula is C13H11F2N3O. The van der Waals surface area contributed by atoms with E-state index in [1.165, 1.54) is 25.3 Å². The summed E-state index contributed by atoms with van der Waals surface area (Å²) in [5.74, 6) is -1.97. The average molecular weight is 263 g/mol. The van der Waals surface area contributed by atoms with Gasteiger partial charge >= 0.3 is 0 Å². The molecule has 0 spiro atoms. The normalized spacial score (nSPS) is 10.3. The smallest absolute Gasteiger partial charge is 0.258 e. The summed E-state index contributed by atoms with van der Waals surface area (Å²) in [6.07, 6.45) is 1.35. The molecule has 3 N–H and O–H groups in total. The maximum atomic E-state index is 13.5. The van der Waals surface area contributed by atoms with E-state index in [0.717, 1.165) is 6.07 Å². The first-order valence-corrected chi connectivity index (χ1v) is 5.46. The lowest BCUT2D eigenvalue weighted by molar-refractivity contribution is 0.102. The molecule has 1 aromatic heterocycles. The van der Waals surface area contributed by atoms with E-state index >= 15 is 0 Å². The highest BCUT2D eigenvalue weighted by atomic mass is 19.1. The summed E-state index contributed by atoms with van der Waals surface area (Å²) < 4.78 is 26.6. The Morgan fingerprint density at radius 2 is 2.00 bits per heavy atom. The molecule has 0 saturated carbocycles. The van der Waals surface area contributed by atoms with Crippen LogP contribution in [0.25, 0.3) is 0 Å². The van der Waals surface area contributed by atoms with E-state index in [1.807, 2.05) is 0 Å². The van der Waals surface area contributed by atoms with Gasteiger partial charge in [-0.1, -0.05) is 0 Å². The van der Waals surface area contributed by atoms with Crippen molar-refractivity contribution in [3.8, 4) is 0 Å². The molecule has 2 rings (SSSR count). The highest BCUT2D eigenvalue weighted by Crippen LogP contribution is 2.16. The Morgan fingerprint density at radius 1 is 1.26 bits per heavy atom. The molecule has 0 aliphatic carbocycles. The fourth-order valence-electron chi connectivity index (χ4n) is 1.51. The van der Waals surface area contributed by atoms with E-state index in [4.69, 9.17) is 5.73 Å². The summed E-state index contributed by atoms with van der Waals surface area (Å²) in [7, 11) is 0. The molecule has 0 unspecified atom stereocenters. The van der Waals surface area contributed by atoms with Gasteiger partial charge in [0.25, 0.3) is 5.91 Å². The van der Waals surface area contributed by atoms with Crippen molar-refractivity contribution < 1.29 is 13.6 Å². The van der Waals surface area contributed by atoms with Gasteiger partial charge in [0.2, 0.25) is 0 Å². The summed E-state index contributed by atoms with van der Waals surface area (Å²) in [4.78, 5) is 15.6. The van der Waals surface area contributed by atoms with Crippen molar-refractivity contribution >= 4 is 17.4 Å². The van der Waals surface area contributed by atoms with Crippen molar-refractivity contribution in [3.63, 3.8) is 0 Å². The van der Waals surface area contributed by atoms with Crippen molar-refractivity contribution in [2.45, 2.75) is 6.92 Å². The Kier molecular flexibility index (Phi) is 3.41. The van der Waals surface area contributed by atoms with Crippen LogP contribution in [0.2, 0.25) is 0 Å². The second-order valence-electron chi connectivity index (χ2n) is 4.01. The fraction of sp³-hybridized carbons (Fsp3) is 0.0769. The van der Waals surface area contributed by atoms with E-state index in [0.29, 0.717) is 17.6 Å². The zero-order chi connectivity index (χ0) is 14.0. The van der Waals surface area contributed by atoms with Gasteiger partial charge in [-0.2, -0.15) is 0 Å². The highest BCUT2D eigenvalue weighted by Gasteiger charge is 2.14. The van der Waals surface area contributed by atoms with Crippen molar-refractivity contribution in [2.75, 3.05) is 11.1 Å². The second kappa shape index (κ2) is 5.01. The monoisotopic (exact) mass is 263 g/mol. The van der Waals surface area contributed by atoms with Crippen LogP contribution in [0.5, 0.6) is 0 Å². The number of anilines is 2. The summed E-state index contributed by atoms with van der Waals surface area (Å²) in [6.45, 7) is 1.45. The highest BCUT2D eigenvalue weighted by molar-refractivity contribution is 6.04. The van der Waals surface area contributed by atoms with Gasteiger partial charge in [0, 0.05) is 6.07 Å². The number of nitrogens with one attached hydrogen (secondary N) is 1. The van der Waals surface area contributed by atoms with Crippen LogP contribution in [0.4, 0.5) is 20.3 Å². The molecule has 0 aliphatic heterocycles. The molecule has 6 heteroatoms. The Hall–Kier alpha value is -2.50. The molecule has 2 aromatic rings. The first kappa shape index (κ1) is 12.9. The van der Waals surface area contributed by atoms with Crippen molar-refractivity contribution in [1.82, 2.24) is 4.98 Å². The van der Waals surface area contributed by atoms with E-state index in [1.54, 1.807) is 0 Å². The molecule has 0 radical (unpaired) electrons. The third kappa shape index (κ3) is 2.85. The topological polar surface area (TPSA) is 68.0 Å². The molecular weight excluding hydrogens is 252 g/mol. The predicted octanol–water partition coefficient (Wildman–Crippen LogP) is 2.50. The Labute approximate surface area is 108 Å². The zero-order valence-electron chi connectivity index (χ0n) is 10.1. The largest absolute Gasteiger partial charge is 0.384 e. The van der Waals surface area contributed by atoms with Gasteiger partial charge in [-0.25, -0.2) is 13.8 Å². The standard InChI is InChI=1S/C13H11F2N3O/c1-7-4-9(11(15)5-10(7)14)13(19)18-8-2-3-12(16)17-6-8/h2-6H,1H3,(H2,16,17)(H,18,19). The average Bonchev–Trinajstić information content (AvgIpc) is 2.36. The van der Waals surface area contributed by atoms with Gasteiger partial charge in [-0.3, -0.25) is 4.79 Å². The van der Waals surface area contributed by atoms with Gasteiger partial charge in [0.15, 0.2) is 0 Å². The number of nitrogens with two attached hydrogens (primary N) is 1. The van der Waals surface area contributed by atoms with E-state index in [2.05, 4.69) is 10.3 Å². The minimum atomic E-state index is -0.913. The third-order valence-corrected chi connectivity index (χ3v) is 2.54. The summed E-state index contributed by atoms with van der Waals surface area (Å²) in [5, 5.41) is 2.45. The molecule has 19 heavy (non-hydrogen) atoms. The Morgan fingerprint density at radius 3 is 2.63 bits per heavy atom. The van der Waals surface area contributed by atoms with Gasteiger partial charge < -0.3 is 11.1 Å². The number of carbonyl (C=O) groups is 1. The summed E-state index contributed by atoms with van der Waals surface area (Å²) >= 11 is 0. The van der Waals surface area contributed by atoms with Crippen LogP contribution in [0.3, 0.4) is 0 Å². The van der Waals surface area contributed by atoms with Crippen LogP contribution in [0, 0.1) is 18.6 Å². The molecule has 4 nitrogen and oxygen atoms in total. The first-order valence-electron chi connectivity index (χ1n) is 5.46. The number of aryl methyl sites for hydroxylation is 1. The van der Waals surface area contributed by atoms with E-state index in [9.17, 15) is 13.6 Å². The number of nitrogen functional groups attached to an aromatic ring is 1. The minimum absolute atomic E-state index is 0.196. The molecule has 1 amide bonds. The maximum absolute atomic E-state index is 13.5. The number of amides is 1. The lowest BCUT2D eigenvalue weighted by Crippen LogP contribution is -2.14. The molecule has 0 bridgehead atoms. The lowest BCUT2D eigenvalue weighted by Gasteiger charge is -2.07. The van der Waals surface area contributed by atoms with Crippen LogP contribution in [0.15, 0.2) is 30.5 Å². The molecule has 0 atom stereocenters. The number of halogens is 2. The number of aromatic nitrogens is 1. The number of nitrogens with zero attached hydrogens (tertiary/aromatic N) is 1. The zero-order valence-corrected chi connectivity index (χ0v) is 10.1. The third-order valence-electron chi connectivity index (χ3n) is 2.54. The van der Waals surface area contributed by atoms with E-state index in [-0.39, 0.29) is 11.1 Å². The number of rotatable bonds is 2. The predicted molar refractivity (Wildman–Crippen MR) is 67.7 cm³/mol. The number of hydrogen-bond acceptors (Lipinski definition) is 3. The van der Waals surface area contributed by atoms with Crippen LogP contribution in [0.1, 0.15) is 15.9 Å². The molecule has 0 fully saturated rings. The van der Waals surface area contributed by atoms with Gasteiger partial charge in [-0.05, 0) is 30.7 Å². The molecule has 1 heterocycles. The summed E-state index contributed by atoms with van der Waals surface area (Å²) in [6, 6.07) is 4.88. The molecule has 0 saturated heterocycles. The SMILES string of the molecule is Cc1cc(C(=O)Nc2ccc(N)nc2)c(F)cc1F. The van der Waals surface area contributed by atoms with Crippen LogP contribution in [-0.4, -0.2) is 10.9 Å². The second-order valence-corrected chi connectivity index (χ2v) is 4.01. The molecule has 1 aromatic carbocycles. The minimum Gasteiger partial charge on any atom is -0.384 e. The number of benzene rings is 1. The van der Waals surface area contributed by atoms with Crippen molar-refractivity contribution in [1.29, 1.82) is 0 Å². The lowest BCUT2D eigenvalue weighted by atomic mass is 10.1. The van der Waals surface area contributed by atoms with Crippen LogP contribution >= 0.6 is 0 Å². The van der Waals surface area contributed by atoms with Gasteiger partial charge in [0.1, 0.15) is 17.5 Å². The maximum Gasteiger partial charge on any atom is 0.258 e. The quantitative estimate of drug-likeness (QED) is 0.874. The number of hydrogen-bond donors (Lipinski definition) is 2. The first-order chi connectivity index (χ1) is 8.97. The van der Waals surface area contributed by atoms with Crippen LogP contribution in [-0.2, 0) is 0 Å². The Balaban J connectivity index is 2.25. The van der Waals surface area contributed by atoms with E-state index < -0.39 is 17.5 Å². The molecule has 0 aliphatic rings. The Bertz CT molecular complexity index is 627. The number of pyridine rings is 1. The van der Waals surface area contributed by atoms with Crippen molar-refractivity contribution in [2.24, 2.45) is 0 Å².